The SMILES string of the molecule is CC1=C(O)CC(c2ccc(F)cc2)N(CCC(C)C)C1=O. The van der Waals surface area contributed by atoms with Crippen molar-refractivity contribution in [3.63, 3.8) is 0 Å². The minimum Gasteiger partial charge on any atom is -0.512 e. The fourth-order valence-corrected chi connectivity index (χ4v) is 2.56. The summed E-state index contributed by atoms with van der Waals surface area (Å²) in [5.74, 6) is 0.195. The summed E-state index contributed by atoms with van der Waals surface area (Å²) < 4.78 is 13.1. The Bertz CT molecular complexity index is 548. The molecule has 0 aromatic heterocycles. The van der Waals surface area contributed by atoms with Crippen molar-refractivity contribution in [1.82, 2.24) is 4.90 Å². The molecule has 114 valence electrons. The zero-order valence-corrected chi connectivity index (χ0v) is 12.8. The number of nitrogens with zero attached hydrogens (tertiary/aromatic N) is 1. The van der Waals surface area contributed by atoms with E-state index in [1.54, 1.807) is 24.0 Å². The Balaban J connectivity index is 2.31. The maximum atomic E-state index is 13.1. The maximum absolute atomic E-state index is 13.1. The molecule has 1 atom stereocenters. The first-order chi connectivity index (χ1) is 9.90. The number of hydrogen-bond acceptors (Lipinski definition) is 2. The van der Waals surface area contributed by atoms with Crippen molar-refractivity contribution in [2.45, 2.75) is 39.7 Å². The van der Waals surface area contributed by atoms with Crippen LogP contribution in [0.3, 0.4) is 0 Å². The van der Waals surface area contributed by atoms with E-state index >= 15 is 0 Å². The molecular formula is C17H22FNO2. The standard InChI is InChI=1S/C17H22FNO2/c1-11(2)8-9-19-15(10-16(20)12(3)17(19)21)13-4-6-14(18)7-5-13/h4-7,11,15,20H,8-10H2,1-3H3. The molecule has 21 heavy (non-hydrogen) atoms. The van der Waals surface area contributed by atoms with Crippen LogP contribution in [-0.2, 0) is 4.79 Å². The van der Waals surface area contributed by atoms with E-state index in [1.165, 1.54) is 12.1 Å². The lowest BCUT2D eigenvalue weighted by Crippen LogP contribution is -2.40. The number of rotatable bonds is 4. The lowest BCUT2D eigenvalue weighted by molar-refractivity contribution is -0.131. The van der Waals surface area contributed by atoms with E-state index in [2.05, 4.69) is 13.8 Å². The van der Waals surface area contributed by atoms with Gasteiger partial charge in [-0.25, -0.2) is 4.39 Å². The van der Waals surface area contributed by atoms with Crippen LogP contribution in [0.5, 0.6) is 0 Å². The molecule has 0 fully saturated rings. The fraction of sp³-hybridized carbons (Fsp3) is 0.471. The monoisotopic (exact) mass is 291 g/mol. The summed E-state index contributed by atoms with van der Waals surface area (Å²) in [7, 11) is 0. The zero-order valence-electron chi connectivity index (χ0n) is 12.8. The van der Waals surface area contributed by atoms with Gasteiger partial charge in [0.2, 0.25) is 0 Å². The molecular weight excluding hydrogens is 269 g/mol. The molecule has 0 spiro atoms. The van der Waals surface area contributed by atoms with Gasteiger partial charge in [0.05, 0.1) is 11.6 Å². The number of hydrogen-bond donors (Lipinski definition) is 1. The highest BCUT2D eigenvalue weighted by molar-refractivity contribution is 5.94. The van der Waals surface area contributed by atoms with Gasteiger partial charge in [-0.3, -0.25) is 4.79 Å². The molecule has 1 N–H and O–H groups in total. The smallest absolute Gasteiger partial charge is 0.253 e. The number of amides is 1. The van der Waals surface area contributed by atoms with Crippen LogP contribution >= 0.6 is 0 Å². The number of benzene rings is 1. The van der Waals surface area contributed by atoms with Gasteiger partial charge in [-0.05, 0) is 37.0 Å². The second kappa shape index (κ2) is 6.29. The van der Waals surface area contributed by atoms with Crippen LogP contribution in [-0.4, -0.2) is 22.5 Å². The second-order valence-electron chi connectivity index (χ2n) is 6.02. The molecule has 1 heterocycles. The zero-order chi connectivity index (χ0) is 15.6. The van der Waals surface area contributed by atoms with E-state index < -0.39 is 0 Å². The van der Waals surface area contributed by atoms with Crippen LogP contribution in [0.15, 0.2) is 35.6 Å². The van der Waals surface area contributed by atoms with Crippen LogP contribution in [0.2, 0.25) is 0 Å². The minimum atomic E-state index is -0.300. The molecule has 0 bridgehead atoms. The lowest BCUT2D eigenvalue weighted by atomic mass is 9.93. The van der Waals surface area contributed by atoms with Crippen LogP contribution in [0, 0.1) is 11.7 Å². The maximum Gasteiger partial charge on any atom is 0.253 e. The van der Waals surface area contributed by atoms with E-state index in [-0.39, 0.29) is 23.5 Å². The van der Waals surface area contributed by atoms with Gasteiger partial charge < -0.3 is 10.0 Å². The molecule has 1 aromatic carbocycles. The molecule has 0 saturated heterocycles. The summed E-state index contributed by atoms with van der Waals surface area (Å²) in [6.07, 6.45) is 1.29. The molecule has 1 aliphatic rings. The Kier molecular flexibility index (Phi) is 4.66. The molecule has 0 radical (unpaired) electrons. The van der Waals surface area contributed by atoms with E-state index in [0.717, 1.165) is 12.0 Å². The quantitative estimate of drug-likeness (QED) is 0.911. The molecule has 1 aliphatic heterocycles. The predicted molar refractivity (Wildman–Crippen MR) is 80.3 cm³/mol. The Morgan fingerprint density at radius 3 is 2.52 bits per heavy atom. The summed E-state index contributed by atoms with van der Waals surface area (Å²) in [4.78, 5) is 14.2. The molecule has 3 nitrogen and oxygen atoms in total. The van der Waals surface area contributed by atoms with Crippen molar-refractivity contribution < 1.29 is 14.3 Å². The number of halogens is 1. The summed E-state index contributed by atoms with van der Waals surface area (Å²) in [6, 6.07) is 5.93. The van der Waals surface area contributed by atoms with Crippen molar-refractivity contribution in [3.05, 3.63) is 47.0 Å². The average molecular weight is 291 g/mol. The van der Waals surface area contributed by atoms with Gasteiger partial charge in [-0.15, -0.1) is 0 Å². The third kappa shape index (κ3) is 3.43. The number of carbonyl (C=O) groups excluding carboxylic acids is 1. The first-order valence-electron chi connectivity index (χ1n) is 7.35. The highest BCUT2D eigenvalue weighted by atomic mass is 19.1. The van der Waals surface area contributed by atoms with Gasteiger partial charge >= 0.3 is 0 Å². The fourth-order valence-electron chi connectivity index (χ4n) is 2.56. The Hall–Kier alpha value is -1.84. The largest absolute Gasteiger partial charge is 0.512 e. The topological polar surface area (TPSA) is 40.5 Å². The number of aliphatic hydroxyl groups is 1. The summed E-state index contributed by atoms with van der Waals surface area (Å²) >= 11 is 0. The molecule has 4 heteroatoms. The van der Waals surface area contributed by atoms with Crippen molar-refractivity contribution in [1.29, 1.82) is 0 Å². The first-order valence-corrected chi connectivity index (χ1v) is 7.35. The van der Waals surface area contributed by atoms with Crippen molar-refractivity contribution >= 4 is 5.91 Å². The van der Waals surface area contributed by atoms with E-state index in [0.29, 0.717) is 24.5 Å². The Labute approximate surface area is 125 Å². The van der Waals surface area contributed by atoms with Crippen molar-refractivity contribution in [3.8, 4) is 0 Å². The number of aliphatic hydroxyl groups excluding tert-OH is 1. The molecule has 1 amide bonds. The van der Waals surface area contributed by atoms with Gasteiger partial charge in [0.1, 0.15) is 11.6 Å². The third-order valence-corrected chi connectivity index (χ3v) is 3.98. The highest BCUT2D eigenvalue weighted by Crippen LogP contribution is 2.34. The van der Waals surface area contributed by atoms with Gasteiger partial charge in [0.15, 0.2) is 0 Å². The Morgan fingerprint density at radius 1 is 1.33 bits per heavy atom. The summed E-state index contributed by atoms with van der Waals surface area (Å²) in [6.45, 7) is 6.52. The van der Waals surface area contributed by atoms with E-state index in [1.807, 2.05) is 0 Å². The average Bonchev–Trinajstić information content (AvgIpc) is 2.44. The minimum absolute atomic E-state index is 0.131. The van der Waals surface area contributed by atoms with Crippen molar-refractivity contribution in [2.24, 2.45) is 5.92 Å². The normalized spacial score (nSPS) is 19.6. The third-order valence-electron chi connectivity index (χ3n) is 3.98. The predicted octanol–water partition coefficient (Wildman–Crippen LogP) is 3.98. The van der Waals surface area contributed by atoms with Gasteiger partial charge in [-0.1, -0.05) is 26.0 Å². The second-order valence-corrected chi connectivity index (χ2v) is 6.02. The lowest BCUT2D eigenvalue weighted by Gasteiger charge is -2.36. The van der Waals surface area contributed by atoms with Gasteiger partial charge in [0.25, 0.3) is 5.91 Å². The summed E-state index contributed by atoms with van der Waals surface area (Å²) in [5, 5.41) is 9.99. The van der Waals surface area contributed by atoms with Gasteiger partial charge in [-0.2, -0.15) is 0 Å². The van der Waals surface area contributed by atoms with E-state index in [9.17, 15) is 14.3 Å². The van der Waals surface area contributed by atoms with Crippen LogP contribution in [0.25, 0.3) is 0 Å². The van der Waals surface area contributed by atoms with Crippen molar-refractivity contribution in [2.75, 3.05) is 6.54 Å². The highest BCUT2D eigenvalue weighted by Gasteiger charge is 2.33. The number of carbonyl (C=O) groups is 1. The van der Waals surface area contributed by atoms with Crippen LogP contribution in [0.1, 0.15) is 45.2 Å². The van der Waals surface area contributed by atoms with Crippen LogP contribution in [0.4, 0.5) is 4.39 Å². The van der Waals surface area contributed by atoms with Crippen LogP contribution < -0.4 is 0 Å². The van der Waals surface area contributed by atoms with Gasteiger partial charge in [0, 0.05) is 13.0 Å². The Morgan fingerprint density at radius 2 is 1.95 bits per heavy atom. The molecule has 0 saturated carbocycles. The molecule has 0 aliphatic carbocycles. The molecule has 1 unspecified atom stereocenters. The molecule has 1 aromatic rings. The first kappa shape index (κ1) is 15.5. The van der Waals surface area contributed by atoms with E-state index in [4.69, 9.17) is 0 Å². The molecule has 2 rings (SSSR count). The summed E-state index contributed by atoms with van der Waals surface area (Å²) in [5.41, 5.74) is 1.27.